The van der Waals surface area contributed by atoms with Gasteiger partial charge >= 0.3 is 5.91 Å². The predicted octanol–water partition coefficient (Wildman–Crippen LogP) is 5.10. The number of aromatic nitrogens is 1. The third-order valence-corrected chi connectivity index (χ3v) is 7.10. The topological polar surface area (TPSA) is 127 Å². The number of fused-ring (bicyclic) bond motifs is 1. The number of carbonyl (C=O) groups is 2. The van der Waals surface area contributed by atoms with Crippen molar-refractivity contribution < 1.29 is 24.0 Å². The summed E-state index contributed by atoms with van der Waals surface area (Å²) in [5.41, 5.74) is 1.29. The second-order valence-electron chi connectivity index (χ2n) is 7.46. The number of thiophene rings is 1. The van der Waals surface area contributed by atoms with E-state index in [9.17, 15) is 24.8 Å². The van der Waals surface area contributed by atoms with E-state index < -0.39 is 22.7 Å². The molecule has 0 spiro atoms. The van der Waals surface area contributed by atoms with E-state index in [1.807, 2.05) is 5.38 Å². The number of aliphatic hydroxyl groups is 1. The van der Waals surface area contributed by atoms with Crippen LogP contribution in [-0.2, 0) is 9.59 Å². The van der Waals surface area contributed by atoms with Crippen LogP contribution in [-0.4, -0.2) is 26.7 Å². The molecule has 3 aromatic heterocycles. The summed E-state index contributed by atoms with van der Waals surface area (Å²) in [5.74, 6) is -1.01. The minimum Gasteiger partial charge on any atom is -0.507 e. The summed E-state index contributed by atoms with van der Waals surface area (Å²) in [4.78, 5) is 42.6. The third-order valence-electron chi connectivity index (χ3n) is 5.38. The van der Waals surface area contributed by atoms with Crippen LogP contribution < -0.4 is 4.90 Å². The van der Waals surface area contributed by atoms with Crippen LogP contribution in [0.3, 0.4) is 0 Å². The molecule has 0 saturated carbocycles. The highest BCUT2D eigenvalue weighted by atomic mass is 32.1. The summed E-state index contributed by atoms with van der Waals surface area (Å²) < 4.78 is 6.00. The van der Waals surface area contributed by atoms with E-state index >= 15 is 0 Å². The molecule has 1 amide bonds. The molecule has 5 rings (SSSR count). The molecular weight excluding hydrogens is 466 g/mol. The fourth-order valence-electron chi connectivity index (χ4n) is 3.90. The van der Waals surface area contributed by atoms with Crippen molar-refractivity contribution in [2.24, 2.45) is 0 Å². The number of furan rings is 1. The van der Waals surface area contributed by atoms with Gasteiger partial charge in [0, 0.05) is 12.1 Å². The van der Waals surface area contributed by atoms with Crippen molar-refractivity contribution in [3.8, 4) is 0 Å². The first-order valence-electron chi connectivity index (χ1n) is 9.71. The van der Waals surface area contributed by atoms with Gasteiger partial charge in [-0.25, -0.2) is 4.98 Å². The van der Waals surface area contributed by atoms with Gasteiger partial charge in [0.2, 0.25) is 0 Å². The number of non-ortho nitro benzene ring substituents is 1. The van der Waals surface area contributed by atoms with Crippen molar-refractivity contribution in [3.63, 3.8) is 0 Å². The highest BCUT2D eigenvalue weighted by Crippen LogP contribution is 2.45. The summed E-state index contributed by atoms with van der Waals surface area (Å²) in [6, 6.07) is 6.69. The van der Waals surface area contributed by atoms with Crippen molar-refractivity contribution >= 4 is 61.2 Å². The van der Waals surface area contributed by atoms with Crippen LogP contribution >= 0.6 is 22.7 Å². The Bertz CT molecular complexity index is 1480. The van der Waals surface area contributed by atoms with Crippen molar-refractivity contribution in [3.05, 3.63) is 79.4 Å². The maximum atomic E-state index is 13.2. The summed E-state index contributed by atoms with van der Waals surface area (Å²) in [5, 5.41) is 26.1. The predicted molar refractivity (Wildman–Crippen MR) is 124 cm³/mol. The number of rotatable bonds is 4. The largest absolute Gasteiger partial charge is 0.507 e. The standard InChI is InChI=1S/C22H15N3O6S2/c1-10-7-14(11(2)31-10)19(26)17-18(12-5-6-32-9-12)24(21(28)20(17)27)22-23-15-4-3-13(25(29)30)8-16(15)33-22/h3-9,18,26H,1-2H3/b19-17+. The number of aryl methyl sites for hydroxylation is 2. The highest BCUT2D eigenvalue weighted by Gasteiger charge is 2.48. The number of amides is 1. The lowest BCUT2D eigenvalue weighted by atomic mass is 9.97. The number of benzene rings is 1. The van der Waals surface area contributed by atoms with E-state index in [1.54, 1.807) is 31.4 Å². The number of nitro benzene ring substituents is 1. The molecule has 11 heteroatoms. The zero-order valence-electron chi connectivity index (χ0n) is 17.3. The number of Topliss-reactive ketones (excluding diaryl/α,β-unsaturated/α-hetero) is 1. The lowest BCUT2D eigenvalue weighted by molar-refractivity contribution is -0.384. The summed E-state index contributed by atoms with van der Waals surface area (Å²) in [7, 11) is 0. The molecule has 9 nitrogen and oxygen atoms in total. The van der Waals surface area contributed by atoms with Gasteiger partial charge in [-0.1, -0.05) is 11.3 Å². The first-order valence-corrected chi connectivity index (χ1v) is 11.5. The molecule has 0 radical (unpaired) electrons. The molecule has 1 aliphatic rings. The van der Waals surface area contributed by atoms with Gasteiger partial charge in [0.25, 0.3) is 11.5 Å². The Kier molecular flexibility index (Phi) is 4.87. The molecule has 1 aliphatic heterocycles. The van der Waals surface area contributed by atoms with Crippen LogP contribution in [0.4, 0.5) is 10.8 Å². The molecule has 1 atom stereocenters. The Hall–Kier alpha value is -3.83. The summed E-state index contributed by atoms with van der Waals surface area (Å²) >= 11 is 2.46. The fraction of sp³-hybridized carbons (Fsp3) is 0.136. The summed E-state index contributed by atoms with van der Waals surface area (Å²) in [6.07, 6.45) is 0. The van der Waals surface area contributed by atoms with E-state index in [-0.39, 0.29) is 22.2 Å². The molecule has 0 aliphatic carbocycles. The average Bonchev–Trinajstić information content (AvgIpc) is 3.54. The smallest absolute Gasteiger partial charge is 0.301 e. The van der Waals surface area contributed by atoms with Crippen LogP contribution in [0.15, 0.2) is 51.1 Å². The minimum absolute atomic E-state index is 0.0625. The Morgan fingerprint density at radius 3 is 2.67 bits per heavy atom. The maximum Gasteiger partial charge on any atom is 0.301 e. The van der Waals surface area contributed by atoms with Crippen molar-refractivity contribution in [1.82, 2.24) is 4.98 Å². The molecule has 166 valence electrons. The van der Waals surface area contributed by atoms with Gasteiger partial charge in [-0.15, -0.1) is 0 Å². The van der Waals surface area contributed by atoms with Crippen LogP contribution in [0.2, 0.25) is 0 Å². The first kappa shape index (κ1) is 21.0. The highest BCUT2D eigenvalue weighted by molar-refractivity contribution is 7.22. The van der Waals surface area contributed by atoms with Crippen LogP contribution in [0.25, 0.3) is 16.0 Å². The Morgan fingerprint density at radius 2 is 2.03 bits per heavy atom. The van der Waals surface area contributed by atoms with Gasteiger partial charge in [-0.2, -0.15) is 11.3 Å². The number of nitro groups is 1. The number of ketones is 1. The third kappa shape index (κ3) is 3.33. The van der Waals surface area contributed by atoms with E-state index in [2.05, 4.69) is 4.98 Å². The molecule has 0 bridgehead atoms. The van der Waals surface area contributed by atoms with E-state index in [1.165, 1.54) is 34.4 Å². The van der Waals surface area contributed by atoms with E-state index in [4.69, 9.17) is 4.42 Å². The number of hydrogen-bond acceptors (Lipinski definition) is 9. The molecule has 1 unspecified atom stereocenters. The van der Waals surface area contributed by atoms with Gasteiger partial charge in [0.1, 0.15) is 17.3 Å². The number of anilines is 1. The number of aliphatic hydroxyl groups excluding tert-OH is 1. The van der Waals surface area contributed by atoms with Gasteiger partial charge in [-0.3, -0.25) is 24.6 Å². The van der Waals surface area contributed by atoms with Gasteiger partial charge < -0.3 is 9.52 Å². The van der Waals surface area contributed by atoms with Gasteiger partial charge in [0.15, 0.2) is 5.13 Å². The number of hydrogen-bond donors (Lipinski definition) is 1. The maximum absolute atomic E-state index is 13.2. The number of carbonyl (C=O) groups excluding carboxylic acids is 2. The number of thiazole rings is 1. The van der Waals surface area contributed by atoms with E-state index in [0.29, 0.717) is 32.9 Å². The SMILES string of the molecule is Cc1cc(/C(O)=C2\C(=O)C(=O)N(c3nc4ccc([N+](=O)[O-])cc4s3)C2c2ccsc2)c(C)o1. The van der Waals surface area contributed by atoms with Gasteiger partial charge in [0.05, 0.1) is 32.3 Å². The average molecular weight is 482 g/mol. The monoisotopic (exact) mass is 481 g/mol. The second kappa shape index (κ2) is 7.64. The van der Waals surface area contributed by atoms with Crippen molar-refractivity contribution in [2.75, 3.05) is 4.90 Å². The molecule has 1 N–H and O–H groups in total. The Balaban J connectivity index is 1.71. The quantitative estimate of drug-likeness (QED) is 0.141. The molecule has 4 heterocycles. The van der Waals surface area contributed by atoms with Gasteiger partial charge in [-0.05, 0) is 48.4 Å². The minimum atomic E-state index is -0.901. The second-order valence-corrected chi connectivity index (χ2v) is 9.25. The molecular formula is C22H15N3O6S2. The van der Waals surface area contributed by atoms with Crippen LogP contribution in [0.1, 0.15) is 28.7 Å². The fourth-order valence-corrected chi connectivity index (χ4v) is 5.61. The normalized spacial score (nSPS) is 17.9. The lowest BCUT2D eigenvalue weighted by Gasteiger charge is -2.21. The molecule has 1 aromatic carbocycles. The first-order chi connectivity index (χ1) is 15.8. The van der Waals surface area contributed by atoms with Crippen LogP contribution in [0.5, 0.6) is 0 Å². The Labute approximate surface area is 194 Å². The molecule has 4 aromatic rings. The van der Waals surface area contributed by atoms with E-state index in [0.717, 1.165) is 11.3 Å². The molecule has 1 fully saturated rings. The molecule has 33 heavy (non-hydrogen) atoms. The lowest BCUT2D eigenvalue weighted by Crippen LogP contribution is -2.29. The van der Waals surface area contributed by atoms with Crippen molar-refractivity contribution in [1.29, 1.82) is 0 Å². The van der Waals surface area contributed by atoms with Crippen LogP contribution in [0, 0.1) is 24.0 Å². The summed E-state index contributed by atoms with van der Waals surface area (Å²) in [6.45, 7) is 3.39. The number of nitrogens with zero attached hydrogens (tertiary/aromatic N) is 3. The van der Waals surface area contributed by atoms with Crippen molar-refractivity contribution in [2.45, 2.75) is 19.9 Å². The zero-order chi connectivity index (χ0) is 23.4. The zero-order valence-corrected chi connectivity index (χ0v) is 18.9. The Morgan fingerprint density at radius 1 is 1.24 bits per heavy atom. The molecule has 1 saturated heterocycles.